The molecule has 0 spiro atoms. The number of carbonyl (C=O) groups excluding carboxylic acids is 1. The first kappa shape index (κ1) is 15.8. The van der Waals surface area contributed by atoms with Gasteiger partial charge in [-0.25, -0.2) is 4.39 Å². The van der Waals surface area contributed by atoms with Crippen LogP contribution in [0.3, 0.4) is 0 Å². The zero-order valence-corrected chi connectivity index (χ0v) is 12.6. The highest BCUT2D eigenvalue weighted by Crippen LogP contribution is 2.28. The molecule has 0 aromatic heterocycles. The molecule has 1 saturated carbocycles. The van der Waals surface area contributed by atoms with Crippen molar-refractivity contribution in [1.29, 1.82) is 0 Å². The van der Waals surface area contributed by atoms with E-state index in [1.807, 2.05) is 0 Å². The van der Waals surface area contributed by atoms with Crippen molar-refractivity contribution in [3.05, 3.63) is 29.6 Å². The molecule has 1 aliphatic rings. The lowest BCUT2D eigenvalue weighted by Crippen LogP contribution is -2.45. The molecule has 116 valence electrons. The van der Waals surface area contributed by atoms with Crippen LogP contribution in [-0.4, -0.2) is 37.6 Å². The number of methoxy groups -OCH3 is 1. The summed E-state index contributed by atoms with van der Waals surface area (Å²) in [5.41, 5.74) is 6.27. The van der Waals surface area contributed by atoms with E-state index in [2.05, 4.69) is 0 Å². The van der Waals surface area contributed by atoms with Crippen molar-refractivity contribution in [2.75, 3.05) is 20.7 Å². The number of hydrogen-bond acceptors (Lipinski definition) is 3. The lowest BCUT2D eigenvalue weighted by molar-refractivity contribution is 0.0620. The van der Waals surface area contributed by atoms with Gasteiger partial charge in [0.25, 0.3) is 5.91 Å². The monoisotopic (exact) mass is 294 g/mol. The highest BCUT2D eigenvalue weighted by atomic mass is 19.1. The molecule has 1 aromatic carbocycles. The summed E-state index contributed by atoms with van der Waals surface area (Å²) >= 11 is 0. The molecule has 0 saturated heterocycles. The predicted molar refractivity (Wildman–Crippen MR) is 79.8 cm³/mol. The Bertz CT molecular complexity index is 507. The van der Waals surface area contributed by atoms with Gasteiger partial charge in [-0.3, -0.25) is 4.79 Å². The average Bonchev–Trinajstić information content (AvgIpc) is 2.53. The van der Waals surface area contributed by atoms with E-state index in [0.717, 1.165) is 19.3 Å². The fourth-order valence-corrected chi connectivity index (χ4v) is 3.12. The van der Waals surface area contributed by atoms with Gasteiger partial charge >= 0.3 is 0 Å². The summed E-state index contributed by atoms with van der Waals surface area (Å²) in [4.78, 5) is 14.3. The highest BCUT2D eigenvalue weighted by Gasteiger charge is 2.30. The topological polar surface area (TPSA) is 55.6 Å². The van der Waals surface area contributed by atoms with Gasteiger partial charge in [0.15, 0.2) is 11.6 Å². The second kappa shape index (κ2) is 6.89. The molecular formula is C16H23FN2O2. The first-order valence-corrected chi connectivity index (χ1v) is 7.39. The Balaban J connectivity index is 2.18. The number of nitrogens with two attached hydrogens (primary N) is 1. The lowest BCUT2D eigenvalue weighted by Gasteiger charge is -2.37. The van der Waals surface area contributed by atoms with E-state index in [0.29, 0.717) is 18.0 Å². The molecule has 0 radical (unpaired) electrons. The van der Waals surface area contributed by atoms with E-state index in [-0.39, 0.29) is 17.7 Å². The third-order valence-corrected chi connectivity index (χ3v) is 4.39. The molecule has 2 unspecified atom stereocenters. The first-order chi connectivity index (χ1) is 10.1. The SMILES string of the molecule is COc1cc(C(=O)N(C)C2CCCCC2CN)ccc1F. The number of benzene rings is 1. The maximum Gasteiger partial charge on any atom is 0.253 e. The maximum atomic E-state index is 13.4. The molecule has 0 heterocycles. The molecule has 21 heavy (non-hydrogen) atoms. The van der Waals surface area contributed by atoms with Crippen molar-refractivity contribution in [2.45, 2.75) is 31.7 Å². The summed E-state index contributed by atoms with van der Waals surface area (Å²) in [6.07, 6.45) is 4.32. The summed E-state index contributed by atoms with van der Waals surface area (Å²) in [6.45, 7) is 0.592. The zero-order chi connectivity index (χ0) is 15.4. The van der Waals surface area contributed by atoms with Gasteiger partial charge in [-0.15, -0.1) is 0 Å². The fraction of sp³-hybridized carbons (Fsp3) is 0.562. The molecule has 1 aromatic rings. The number of carbonyl (C=O) groups is 1. The Morgan fingerprint density at radius 3 is 2.81 bits per heavy atom. The quantitative estimate of drug-likeness (QED) is 0.928. The number of amides is 1. The molecule has 5 heteroatoms. The predicted octanol–water partition coefficient (Wildman–Crippen LogP) is 2.42. The van der Waals surface area contributed by atoms with Gasteiger partial charge in [0.2, 0.25) is 0 Å². The van der Waals surface area contributed by atoms with Crippen LogP contribution in [0, 0.1) is 11.7 Å². The Morgan fingerprint density at radius 2 is 2.14 bits per heavy atom. The normalized spacial score (nSPS) is 21.9. The summed E-state index contributed by atoms with van der Waals surface area (Å²) in [5, 5.41) is 0. The van der Waals surface area contributed by atoms with Crippen LogP contribution in [0.25, 0.3) is 0 Å². The second-order valence-corrected chi connectivity index (χ2v) is 5.61. The molecular weight excluding hydrogens is 271 g/mol. The van der Waals surface area contributed by atoms with Crippen molar-refractivity contribution in [1.82, 2.24) is 4.90 Å². The third-order valence-electron chi connectivity index (χ3n) is 4.39. The van der Waals surface area contributed by atoms with Crippen molar-refractivity contribution in [3.8, 4) is 5.75 Å². The minimum absolute atomic E-state index is 0.0910. The molecule has 4 nitrogen and oxygen atoms in total. The summed E-state index contributed by atoms with van der Waals surface area (Å²) in [6, 6.07) is 4.37. The molecule has 0 bridgehead atoms. The van der Waals surface area contributed by atoms with Crippen molar-refractivity contribution in [3.63, 3.8) is 0 Å². The molecule has 2 atom stereocenters. The van der Waals surface area contributed by atoms with Crippen LogP contribution in [0.15, 0.2) is 18.2 Å². The van der Waals surface area contributed by atoms with Gasteiger partial charge in [0, 0.05) is 18.7 Å². The van der Waals surface area contributed by atoms with Crippen molar-refractivity contribution in [2.24, 2.45) is 11.7 Å². The maximum absolute atomic E-state index is 13.4. The van der Waals surface area contributed by atoms with Gasteiger partial charge in [-0.1, -0.05) is 12.8 Å². The molecule has 2 N–H and O–H groups in total. The van der Waals surface area contributed by atoms with Crippen molar-refractivity contribution >= 4 is 5.91 Å². The van der Waals surface area contributed by atoms with E-state index in [1.165, 1.54) is 31.7 Å². The van der Waals surface area contributed by atoms with E-state index in [4.69, 9.17) is 10.5 Å². The van der Waals surface area contributed by atoms with E-state index < -0.39 is 5.82 Å². The zero-order valence-electron chi connectivity index (χ0n) is 12.6. The second-order valence-electron chi connectivity index (χ2n) is 5.61. The standard InChI is InChI=1S/C16H23FN2O2/c1-19(14-6-4-3-5-12(14)10-18)16(20)11-7-8-13(17)15(9-11)21-2/h7-9,12,14H,3-6,10,18H2,1-2H3. The van der Waals surface area contributed by atoms with Gasteiger partial charge in [-0.05, 0) is 43.5 Å². The summed E-state index contributed by atoms with van der Waals surface area (Å²) in [5.74, 6) is -0.142. The van der Waals surface area contributed by atoms with Gasteiger partial charge in [0.1, 0.15) is 0 Å². The number of nitrogens with zero attached hydrogens (tertiary/aromatic N) is 1. The fourth-order valence-electron chi connectivity index (χ4n) is 3.12. The smallest absolute Gasteiger partial charge is 0.253 e. The molecule has 1 fully saturated rings. The Hall–Kier alpha value is -1.62. The number of ether oxygens (including phenoxy) is 1. The minimum Gasteiger partial charge on any atom is -0.494 e. The van der Waals surface area contributed by atoms with Crippen LogP contribution in [-0.2, 0) is 0 Å². The van der Waals surface area contributed by atoms with Crippen LogP contribution in [0.5, 0.6) is 5.75 Å². The van der Waals surface area contributed by atoms with Crippen LogP contribution in [0.4, 0.5) is 4.39 Å². The van der Waals surface area contributed by atoms with Gasteiger partial charge in [0.05, 0.1) is 7.11 Å². The first-order valence-electron chi connectivity index (χ1n) is 7.39. The summed E-state index contributed by atoms with van der Waals surface area (Å²) < 4.78 is 18.4. The highest BCUT2D eigenvalue weighted by molar-refractivity contribution is 5.94. The van der Waals surface area contributed by atoms with E-state index in [9.17, 15) is 9.18 Å². The van der Waals surface area contributed by atoms with Crippen LogP contribution >= 0.6 is 0 Å². The lowest BCUT2D eigenvalue weighted by atomic mass is 9.83. The molecule has 1 amide bonds. The molecule has 2 rings (SSSR count). The average molecular weight is 294 g/mol. The van der Waals surface area contributed by atoms with Crippen molar-refractivity contribution < 1.29 is 13.9 Å². The largest absolute Gasteiger partial charge is 0.494 e. The summed E-state index contributed by atoms with van der Waals surface area (Å²) in [7, 11) is 3.19. The Kier molecular flexibility index (Phi) is 5.17. The van der Waals surface area contributed by atoms with Gasteiger partial charge < -0.3 is 15.4 Å². The van der Waals surface area contributed by atoms with Gasteiger partial charge in [-0.2, -0.15) is 0 Å². The van der Waals surface area contributed by atoms with E-state index >= 15 is 0 Å². The minimum atomic E-state index is -0.464. The van der Waals surface area contributed by atoms with Crippen LogP contribution in [0.2, 0.25) is 0 Å². The van der Waals surface area contributed by atoms with Crippen LogP contribution < -0.4 is 10.5 Å². The third kappa shape index (κ3) is 3.35. The number of halogens is 1. The number of rotatable bonds is 4. The molecule has 1 aliphatic carbocycles. The molecule has 0 aliphatic heterocycles. The Morgan fingerprint density at radius 1 is 1.43 bits per heavy atom. The number of hydrogen-bond donors (Lipinski definition) is 1. The Labute approximate surface area is 125 Å². The van der Waals surface area contributed by atoms with Crippen LogP contribution in [0.1, 0.15) is 36.0 Å². The van der Waals surface area contributed by atoms with E-state index in [1.54, 1.807) is 11.9 Å².